The highest BCUT2D eigenvalue weighted by atomic mass is 32.2. The Labute approximate surface area is 155 Å². The van der Waals surface area contributed by atoms with Gasteiger partial charge in [-0.1, -0.05) is 24.3 Å². The van der Waals surface area contributed by atoms with E-state index in [-0.39, 0.29) is 22.2 Å². The summed E-state index contributed by atoms with van der Waals surface area (Å²) < 4.78 is 26.2. The molecule has 0 saturated carbocycles. The Bertz CT molecular complexity index is 1240. The number of benzene rings is 2. The molecule has 0 aliphatic carbocycles. The molecule has 2 aromatic heterocycles. The van der Waals surface area contributed by atoms with Gasteiger partial charge in [0, 0.05) is 23.7 Å². The average molecular weight is 381 g/mol. The van der Waals surface area contributed by atoms with Crippen LogP contribution < -0.4 is 5.32 Å². The second-order valence-corrected chi connectivity index (χ2v) is 7.85. The molecule has 8 nitrogen and oxygen atoms in total. The third-order valence-corrected chi connectivity index (χ3v) is 4.84. The Kier molecular flexibility index (Phi) is 4.00. The number of sulfone groups is 1. The number of phenols is 1. The number of fused-ring (bicyclic) bond motifs is 1. The third-order valence-electron chi connectivity index (χ3n) is 3.85. The lowest BCUT2D eigenvalue weighted by Gasteiger charge is -2.09. The smallest absolute Gasteiger partial charge is 0.230 e. The van der Waals surface area contributed by atoms with Gasteiger partial charge in [0.25, 0.3) is 0 Å². The summed E-state index contributed by atoms with van der Waals surface area (Å²) in [5, 5.41) is 12.4. The summed E-state index contributed by atoms with van der Waals surface area (Å²) in [5.41, 5.74) is 1.88. The van der Waals surface area contributed by atoms with Crippen LogP contribution in [0.3, 0.4) is 0 Å². The number of hydrogen-bond donors (Lipinski definition) is 2. The highest BCUT2D eigenvalue weighted by Crippen LogP contribution is 2.25. The second-order valence-electron chi connectivity index (χ2n) is 5.92. The minimum Gasteiger partial charge on any atom is -0.508 e. The van der Waals surface area contributed by atoms with Crippen LogP contribution in [0.25, 0.3) is 16.9 Å². The zero-order valence-corrected chi connectivity index (χ0v) is 15.1. The second kappa shape index (κ2) is 6.36. The number of aromatic nitrogens is 4. The van der Waals surface area contributed by atoms with Gasteiger partial charge in [0.05, 0.1) is 0 Å². The van der Waals surface area contributed by atoms with Gasteiger partial charge in [0.2, 0.25) is 5.95 Å². The Morgan fingerprint density at radius 1 is 1.04 bits per heavy atom. The van der Waals surface area contributed by atoms with Gasteiger partial charge >= 0.3 is 0 Å². The predicted octanol–water partition coefficient (Wildman–Crippen LogP) is 2.67. The van der Waals surface area contributed by atoms with E-state index in [1.54, 1.807) is 16.7 Å². The largest absolute Gasteiger partial charge is 0.508 e. The molecular weight excluding hydrogens is 366 g/mol. The lowest BCUT2D eigenvalue weighted by molar-refractivity contribution is 0.475. The van der Waals surface area contributed by atoms with Gasteiger partial charge < -0.3 is 10.4 Å². The van der Waals surface area contributed by atoms with Crippen molar-refractivity contribution in [3.05, 3.63) is 60.9 Å². The summed E-state index contributed by atoms with van der Waals surface area (Å²) in [6, 6.07) is 15.7. The van der Waals surface area contributed by atoms with Crippen LogP contribution in [0.4, 0.5) is 11.6 Å². The fourth-order valence-electron chi connectivity index (χ4n) is 2.68. The molecule has 0 radical (unpaired) electrons. The molecule has 4 aromatic rings. The van der Waals surface area contributed by atoms with Crippen molar-refractivity contribution >= 4 is 32.6 Å². The molecule has 27 heavy (non-hydrogen) atoms. The van der Waals surface area contributed by atoms with Crippen molar-refractivity contribution < 1.29 is 13.5 Å². The fraction of sp³-hybridized carbons (Fsp3) is 0.0556. The first-order valence-electron chi connectivity index (χ1n) is 7.98. The quantitative estimate of drug-likeness (QED) is 0.523. The van der Waals surface area contributed by atoms with E-state index in [0.29, 0.717) is 11.3 Å². The van der Waals surface area contributed by atoms with Crippen molar-refractivity contribution in [3.63, 3.8) is 0 Å². The number of anilines is 2. The summed E-state index contributed by atoms with van der Waals surface area (Å²) in [6.07, 6.45) is 2.59. The highest BCUT2D eigenvalue weighted by Gasteiger charge is 2.21. The highest BCUT2D eigenvalue weighted by molar-refractivity contribution is 7.90. The monoisotopic (exact) mass is 381 g/mol. The molecule has 2 N–H and O–H groups in total. The average Bonchev–Trinajstić information content (AvgIpc) is 3.05. The minimum absolute atomic E-state index is 0.0683. The molecule has 9 heteroatoms. The Morgan fingerprint density at radius 3 is 2.52 bits per heavy atom. The first-order valence-corrected chi connectivity index (χ1v) is 9.87. The van der Waals surface area contributed by atoms with Crippen molar-refractivity contribution in [3.8, 4) is 11.4 Å². The molecule has 0 bridgehead atoms. The van der Waals surface area contributed by atoms with E-state index in [1.807, 2.05) is 30.3 Å². The Balaban J connectivity index is 1.92. The molecule has 0 aliphatic heterocycles. The number of rotatable bonds is 4. The van der Waals surface area contributed by atoms with E-state index in [1.165, 1.54) is 18.5 Å². The van der Waals surface area contributed by atoms with Gasteiger partial charge in [-0.2, -0.15) is 9.97 Å². The molecule has 0 unspecified atom stereocenters. The molecular formula is C18H15N5O3S. The lowest BCUT2D eigenvalue weighted by atomic mass is 10.3. The van der Waals surface area contributed by atoms with Gasteiger partial charge in [-0.3, -0.25) is 4.57 Å². The minimum atomic E-state index is -3.64. The molecule has 0 spiro atoms. The van der Waals surface area contributed by atoms with Gasteiger partial charge in [0.1, 0.15) is 17.6 Å². The summed E-state index contributed by atoms with van der Waals surface area (Å²) in [6.45, 7) is 0. The van der Waals surface area contributed by atoms with Gasteiger partial charge in [0.15, 0.2) is 20.5 Å². The maximum atomic E-state index is 12.2. The molecule has 0 atom stereocenters. The van der Waals surface area contributed by atoms with E-state index in [4.69, 9.17) is 0 Å². The number of imidazole rings is 1. The normalized spacial score (nSPS) is 11.6. The summed E-state index contributed by atoms with van der Waals surface area (Å²) >= 11 is 0. The van der Waals surface area contributed by atoms with Crippen LogP contribution in [-0.4, -0.2) is 39.3 Å². The molecule has 4 rings (SSSR count). The number of nitrogens with one attached hydrogen (secondary N) is 1. The van der Waals surface area contributed by atoms with Crippen LogP contribution in [0.5, 0.6) is 5.75 Å². The van der Waals surface area contributed by atoms with Crippen molar-refractivity contribution in [2.75, 3.05) is 11.6 Å². The molecule has 0 saturated heterocycles. The number of nitrogens with zero attached hydrogens (tertiary/aromatic N) is 4. The van der Waals surface area contributed by atoms with Crippen molar-refractivity contribution in [1.29, 1.82) is 0 Å². The molecule has 0 aliphatic rings. The predicted molar refractivity (Wildman–Crippen MR) is 101 cm³/mol. The van der Waals surface area contributed by atoms with E-state index >= 15 is 0 Å². The SMILES string of the molecule is CS(=O)(=O)c1nc(Nc2cccc(O)c2)nc2c1ncn2-c1ccccc1. The number of para-hydroxylation sites is 1. The first-order chi connectivity index (χ1) is 12.9. The number of phenolic OH excluding ortho intramolecular Hbond substituents is 1. The van der Waals surface area contributed by atoms with Crippen LogP contribution >= 0.6 is 0 Å². The number of aromatic hydroxyl groups is 1. The summed E-state index contributed by atoms with van der Waals surface area (Å²) in [4.78, 5) is 12.8. The standard InChI is InChI=1S/C18H15N5O3S/c1-27(25,26)17-15-16(23(11-19-15)13-7-3-2-4-8-13)21-18(22-17)20-12-6-5-9-14(24)10-12/h2-11,24H,1H3,(H,20,21,22). The molecule has 0 fully saturated rings. The number of hydrogen-bond acceptors (Lipinski definition) is 7. The Morgan fingerprint density at radius 2 is 1.81 bits per heavy atom. The third kappa shape index (κ3) is 3.32. The maximum absolute atomic E-state index is 12.2. The van der Waals surface area contributed by atoms with Crippen LogP contribution in [-0.2, 0) is 9.84 Å². The van der Waals surface area contributed by atoms with E-state index in [9.17, 15) is 13.5 Å². The molecule has 2 aromatic carbocycles. The zero-order valence-electron chi connectivity index (χ0n) is 14.2. The van der Waals surface area contributed by atoms with Crippen molar-refractivity contribution in [2.24, 2.45) is 0 Å². The topological polar surface area (TPSA) is 110 Å². The Hall–Kier alpha value is -3.46. The molecule has 2 heterocycles. The molecule has 0 amide bonds. The van der Waals surface area contributed by atoms with Gasteiger partial charge in [-0.05, 0) is 24.3 Å². The van der Waals surface area contributed by atoms with Gasteiger partial charge in [-0.15, -0.1) is 0 Å². The van der Waals surface area contributed by atoms with Crippen LogP contribution in [0.2, 0.25) is 0 Å². The van der Waals surface area contributed by atoms with Crippen molar-refractivity contribution in [1.82, 2.24) is 19.5 Å². The van der Waals surface area contributed by atoms with Crippen LogP contribution in [0.1, 0.15) is 0 Å². The van der Waals surface area contributed by atoms with Gasteiger partial charge in [-0.25, -0.2) is 13.4 Å². The summed E-state index contributed by atoms with van der Waals surface area (Å²) in [7, 11) is -3.64. The maximum Gasteiger partial charge on any atom is 0.230 e. The van der Waals surface area contributed by atoms with Crippen molar-refractivity contribution in [2.45, 2.75) is 5.03 Å². The zero-order chi connectivity index (χ0) is 19.0. The lowest BCUT2D eigenvalue weighted by Crippen LogP contribution is -2.07. The van der Waals surface area contributed by atoms with E-state index < -0.39 is 9.84 Å². The molecule has 136 valence electrons. The first kappa shape index (κ1) is 17.0. The summed E-state index contributed by atoms with van der Waals surface area (Å²) in [5.74, 6) is 0.157. The van der Waals surface area contributed by atoms with Crippen LogP contribution in [0.15, 0.2) is 66.0 Å². The van der Waals surface area contributed by atoms with Crippen LogP contribution in [0, 0.1) is 0 Å². The fourth-order valence-corrected chi connectivity index (χ4v) is 3.43. The van der Waals surface area contributed by atoms with E-state index in [2.05, 4.69) is 20.3 Å². The van der Waals surface area contributed by atoms with E-state index in [0.717, 1.165) is 11.9 Å².